The molecule has 0 aromatic heterocycles. The van der Waals surface area contributed by atoms with Gasteiger partial charge in [0, 0.05) is 32.5 Å². The molecule has 0 rings (SSSR count). The predicted molar refractivity (Wildman–Crippen MR) is 84.7 cm³/mol. The Morgan fingerprint density at radius 3 is 2.74 bits per heavy atom. The van der Waals surface area contributed by atoms with Crippen molar-refractivity contribution in [2.45, 2.75) is 26.1 Å². The van der Waals surface area contributed by atoms with E-state index < -0.39 is 6.29 Å². The number of rotatable bonds is 15. The molecule has 0 aromatic carbocycles. The maximum Gasteiger partial charge on any atom is 0.319 e. The summed E-state index contributed by atoms with van der Waals surface area (Å²) in [7, 11) is 1.56. The van der Waals surface area contributed by atoms with E-state index in [1.165, 1.54) is 6.92 Å². The molecule has 0 fully saturated rings. The Morgan fingerprint density at radius 2 is 2.04 bits per heavy atom. The Bertz CT molecular complexity index is 349. The van der Waals surface area contributed by atoms with Crippen molar-refractivity contribution in [3.05, 3.63) is 12.3 Å². The summed E-state index contributed by atoms with van der Waals surface area (Å²) in [5.41, 5.74) is 0. The standard InChI is InChI=1S/C15H28N2O6/c1-13(18)5-7-17-12-15(20)23-10-4-9-22-14(19)11-16-6-3-8-21-2/h3,8,14,16-17,19H,4-7,9-12H2,1-2H3/b8-3-. The van der Waals surface area contributed by atoms with Gasteiger partial charge in [-0.15, -0.1) is 0 Å². The summed E-state index contributed by atoms with van der Waals surface area (Å²) in [5.74, 6) is -0.300. The van der Waals surface area contributed by atoms with E-state index in [2.05, 4.69) is 10.6 Å². The highest BCUT2D eigenvalue weighted by Gasteiger charge is 2.04. The van der Waals surface area contributed by atoms with E-state index in [0.29, 0.717) is 39.1 Å². The number of hydrogen-bond donors (Lipinski definition) is 3. The Morgan fingerprint density at radius 1 is 1.26 bits per heavy atom. The molecule has 0 saturated carbocycles. The van der Waals surface area contributed by atoms with Gasteiger partial charge < -0.3 is 30.0 Å². The highest BCUT2D eigenvalue weighted by atomic mass is 16.6. The first-order valence-corrected chi connectivity index (χ1v) is 7.60. The lowest BCUT2D eigenvalue weighted by molar-refractivity contribution is -0.144. The van der Waals surface area contributed by atoms with Gasteiger partial charge in [0.25, 0.3) is 0 Å². The summed E-state index contributed by atoms with van der Waals surface area (Å²) in [5, 5.41) is 15.3. The van der Waals surface area contributed by atoms with E-state index in [4.69, 9.17) is 14.2 Å². The van der Waals surface area contributed by atoms with Crippen LogP contribution in [-0.4, -0.2) is 69.7 Å². The molecule has 8 heteroatoms. The lowest BCUT2D eigenvalue weighted by Crippen LogP contribution is -2.30. The summed E-state index contributed by atoms with van der Waals surface area (Å²) in [4.78, 5) is 22.0. The molecule has 0 spiro atoms. The second-order valence-corrected chi connectivity index (χ2v) is 4.79. The number of aliphatic hydroxyl groups is 1. The fraction of sp³-hybridized carbons (Fsp3) is 0.733. The average molecular weight is 332 g/mol. The van der Waals surface area contributed by atoms with Gasteiger partial charge in [0.15, 0.2) is 6.29 Å². The summed E-state index contributed by atoms with van der Waals surface area (Å²) in [6.45, 7) is 3.43. The molecule has 0 bridgehead atoms. The zero-order chi connectivity index (χ0) is 17.3. The molecule has 0 radical (unpaired) electrons. The Hall–Kier alpha value is -1.48. The van der Waals surface area contributed by atoms with Gasteiger partial charge in [-0.3, -0.25) is 9.59 Å². The van der Waals surface area contributed by atoms with Gasteiger partial charge in [-0.25, -0.2) is 0 Å². The van der Waals surface area contributed by atoms with Crippen molar-refractivity contribution in [1.82, 2.24) is 10.6 Å². The Kier molecular flexibility index (Phi) is 14.4. The lowest BCUT2D eigenvalue weighted by atomic mass is 10.3. The molecule has 0 heterocycles. The number of aliphatic hydroxyl groups excluding tert-OH is 1. The molecule has 134 valence electrons. The lowest BCUT2D eigenvalue weighted by Gasteiger charge is -2.12. The van der Waals surface area contributed by atoms with E-state index in [0.717, 1.165) is 0 Å². The Labute approximate surface area is 137 Å². The third-order valence-electron chi connectivity index (χ3n) is 2.60. The van der Waals surface area contributed by atoms with Crippen LogP contribution in [0.5, 0.6) is 0 Å². The van der Waals surface area contributed by atoms with Crippen LogP contribution in [0, 0.1) is 0 Å². The number of ether oxygens (including phenoxy) is 3. The van der Waals surface area contributed by atoms with Gasteiger partial charge >= 0.3 is 5.97 Å². The SMILES string of the molecule is CO/C=C\CNCC(O)OCCCOC(=O)CNCCC(C)=O. The highest BCUT2D eigenvalue weighted by Crippen LogP contribution is 1.91. The average Bonchev–Trinajstić information content (AvgIpc) is 2.51. The van der Waals surface area contributed by atoms with Crippen LogP contribution in [0.1, 0.15) is 19.8 Å². The number of esters is 1. The van der Waals surface area contributed by atoms with Crippen molar-refractivity contribution in [3.63, 3.8) is 0 Å². The fourth-order valence-electron chi connectivity index (χ4n) is 1.46. The predicted octanol–water partition coefficient (Wildman–Crippen LogP) is -0.427. The van der Waals surface area contributed by atoms with Gasteiger partial charge in [0.2, 0.25) is 0 Å². The minimum absolute atomic E-state index is 0.0748. The first kappa shape index (κ1) is 21.5. The topological polar surface area (TPSA) is 106 Å². The van der Waals surface area contributed by atoms with E-state index in [-0.39, 0.29) is 24.9 Å². The van der Waals surface area contributed by atoms with Gasteiger partial charge in [0.1, 0.15) is 5.78 Å². The summed E-state index contributed by atoms with van der Waals surface area (Å²) in [6, 6.07) is 0. The van der Waals surface area contributed by atoms with Gasteiger partial charge in [0.05, 0.1) is 33.1 Å². The van der Waals surface area contributed by atoms with Crippen LogP contribution in [0.2, 0.25) is 0 Å². The largest absolute Gasteiger partial charge is 0.505 e. The number of methoxy groups -OCH3 is 1. The van der Waals surface area contributed by atoms with E-state index in [1.807, 2.05) is 0 Å². The molecule has 0 amide bonds. The normalized spacial score (nSPS) is 12.3. The van der Waals surface area contributed by atoms with Gasteiger partial charge in [-0.05, 0) is 13.0 Å². The van der Waals surface area contributed by atoms with Crippen LogP contribution in [-0.2, 0) is 23.8 Å². The molecular weight excluding hydrogens is 304 g/mol. The molecule has 0 aliphatic heterocycles. The van der Waals surface area contributed by atoms with Crippen molar-refractivity contribution in [2.75, 3.05) is 46.5 Å². The quantitative estimate of drug-likeness (QED) is 0.161. The zero-order valence-corrected chi connectivity index (χ0v) is 13.9. The summed E-state index contributed by atoms with van der Waals surface area (Å²) in [6.07, 6.45) is 3.31. The molecule has 0 aliphatic rings. The van der Waals surface area contributed by atoms with E-state index in [9.17, 15) is 14.7 Å². The van der Waals surface area contributed by atoms with Crippen LogP contribution in [0.25, 0.3) is 0 Å². The van der Waals surface area contributed by atoms with Crippen LogP contribution in [0.3, 0.4) is 0 Å². The van der Waals surface area contributed by atoms with Crippen LogP contribution in [0.4, 0.5) is 0 Å². The smallest absolute Gasteiger partial charge is 0.319 e. The molecule has 0 aromatic rings. The van der Waals surface area contributed by atoms with Crippen molar-refractivity contribution >= 4 is 11.8 Å². The number of Topliss-reactive ketones (excluding diaryl/α,β-unsaturated/α-hetero) is 1. The Balaban J connectivity index is 3.38. The molecule has 23 heavy (non-hydrogen) atoms. The number of nitrogens with one attached hydrogen (secondary N) is 2. The van der Waals surface area contributed by atoms with Crippen molar-refractivity contribution in [1.29, 1.82) is 0 Å². The minimum Gasteiger partial charge on any atom is -0.505 e. The molecule has 1 atom stereocenters. The first-order valence-electron chi connectivity index (χ1n) is 7.60. The van der Waals surface area contributed by atoms with E-state index >= 15 is 0 Å². The fourth-order valence-corrected chi connectivity index (χ4v) is 1.46. The highest BCUT2D eigenvalue weighted by molar-refractivity contribution is 5.75. The zero-order valence-electron chi connectivity index (χ0n) is 13.9. The number of carbonyl (C=O) groups excluding carboxylic acids is 2. The van der Waals surface area contributed by atoms with Crippen LogP contribution >= 0.6 is 0 Å². The van der Waals surface area contributed by atoms with Crippen LogP contribution < -0.4 is 10.6 Å². The second kappa shape index (κ2) is 15.4. The molecule has 0 saturated heterocycles. The van der Waals surface area contributed by atoms with Gasteiger partial charge in [-0.2, -0.15) is 0 Å². The minimum atomic E-state index is -0.908. The number of carbonyl (C=O) groups is 2. The van der Waals surface area contributed by atoms with Gasteiger partial charge in [-0.1, -0.05) is 0 Å². The molecule has 1 unspecified atom stereocenters. The number of ketones is 1. The van der Waals surface area contributed by atoms with Crippen molar-refractivity contribution in [2.24, 2.45) is 0 Å². The molecule has 3 N–H and O–H groups in total. The maximum atomic E-state index is 11.3. The monoisotopic (exact) mass is 332 g/mol. The van der Waals surface area contributed by atoms with Crippen molar-refractivity contribution in [3.8, 4) is 0 Å². The second-order valence-electron chi connectivity index (χ2n) is 4.79. The molecule has 0 aliphatic carbocycles. The van der Waals surface area contributed by atoms with Crippen molar-refractivity contribution < 1.29 is 28.9 Å². The first-order chi connectivity index (χ1) is 11.1. The van der Waals surface area contributed by atoms with Crippen LogP contribution in [0.15, 0.2) is 12.3 Å². The molecule has 8 nitrogen and oxygen atoms in total. The van der Waals surface area contributed by atoms with E-state index in [1.54, 1.807) is 19.4 Å². The maximum absolute atomic E-state index is 11.3. The third kappa shape index (κ3) is 16.7. The summed E-state index contributed by atoms with van der Waals surface area (Å²) < 4.78 is 14.8. The third-order valence-corrected chi connectivity index (χ3v) is 2.60. The molecular formula is C15H28N2O6. The number of hydrogen-bond acceptors (Lipinski definition) is 8. The summed E-state index contributed by atoms with van der Waals surface area (Å²) >= 11 is 0.